The van der Waals surface area contributed by atoms with Gasteiger partial charge >= 0.3 is 0 Å². The zero-order chi connectivity index (χ0) is 14.7. The predicted molar refractivity (Wildman–Crippen MR) is 91.8 cm³/mol. The largest absolute Gasteiger partial charge is 0.308 e. The molecule has 1 aliphatic carbocycles. The quantitative estimate of drug-likeness (QED) is 0.825. The van der Waals surface area contributed by atoms with E-state index in [1.165, 1.54) is 41.8 Å². The lowest BCUT2D eigenvalue weighted by Crippen LogP contribution is -2.23. The number of fused-ring (bicyclic) bond motifs is 1. The summed E-state index contributed by atoms with van der Waals surface area (Å²) in [5.41, 5.74) is 1.13. The maximum absolute atomic E-state index is 4.75. The summed E-state index contributed by atoms with van der Waals surface area (Å²) in [7, 11) is 0. The van der Waals surface area contributed by atoms with Crippen molar-refractivity contribution >= 4 is 21.6 Å². The first-order chi connectivity index (χ1) is 10.2. The number of nitrogens with one attached hydrogen (secondary N) is 1. The Kier molecular flexibility index (Phi) is 4.91. The molecule has 1 saturated carbocycles. The summed E-state index contributed by atoms with van der Waals surface area (Å²) < 4.78 is 1.29. The lowest BCUT2D eigenvalue weighted by atomic mass is 9.81. The smallest absolute Gasteiger partial charge is 0.111 e. The van der Waals surface area contributed by atoms with Crippen LogP contribution in [0.2, 0.25) is 0 Å². The molecule has 3 atom stereocenters. The fourth-order valence-corrected chi connectivity index (χ4v) is 4.48. The topological polar surface area (TPSA) is 24.9 Å². The Bertz CT molecular complexity index is 544. The van der Waals surface area contributed by atoms with Gasteiger partial charge in [-0.05, 0) is 50.3 Å². The molecular formula is C18H26N2S. The van der Waals surface area contributed by atoms with Crippen LogP contribution in [0.25, 0.3) is 10.2 Å². The van der Waals surface area contributed by atoms with Crippen molar-refractivity contribution in [1.82, 2.24) is 10.3 Å². The summed E-state index contributed by atoms with van der Waals surface area (Å²) in [6.45, 7) is 5.76. The molecule has 1 aromatic heterocycles. The zero-order valence-corrected chi connectivity index (χ0v) is 14.0. The number of aromatic nitrogens is 1. The van der Waals surface area contributed by atoms with Crippen molar-refractivity contribution in [3.05, 3.63) is 29.3 Å². The molecule has 1 aliphatic rings. The number of hydrogen-bond donors (Lipinski definition) is 1. The van der Waals surface area contributed by atoms with Crippen molar-refractivity contribution in [2.24, 2.45) is 11.8 Å². The van der Waals surface area contributed by atoms with E-state index in [9.17, 15) is 0 Å². The van der Waals surface area contributed by atoms with Crippen molar-refractivity contribution in [1.29, 1.82) is 0 Å². The molecule has 2 aromatic rings. The Morgan fingerprint density at radius 3 is 3.00 bits per heavy atom. The maximum atomic E-state index is 4.75. The minimum absolute atomic E-state index is 0.364. The molecule has 21 heavy (non-hydrogen) atoms. The van der Waals surface area contributed by atoms with Gasteiger partial charge in [-0.3, -0.25) is 0 Å². The van der Waals surface area contributed by atoms with E-state index in [1.54, 1.807) is 0 Å². The van der Waals surface area contributed by atoms with Crippen LogP contribution in [0.4, 0.5) is 0 Å². The van der Waals surface area contributed by atoms with E-state index in [1.807, 2.05) is 11.3 Å². The van der Waals surface area contributed by atoms with Gasteiger partial charge in [0.15, 0.2) is 0 Å². The average molecular weight is 302 g/mol. The van der Waals surface area contributed by atoms with E-state index in [2.05, 4.69) is 43.4 Å². The molecule has 0 amide bonds. The van der Waals surface area contributed by atoms with Gasteiger partial charge in [0, 0.05) is 0 Å². The molecule has 2 nitrogen and oxygen atoms in total. The second kappa shape index (κ2) is 6.89. The molecule has 0 saturated heterocycles. The van der Waals surface area contributed by atoms with E-state index in [0.717, 1.165) is 23.9 Å². The minimum atomic E-state index is 0.364. The average Bonchev–Trinajstić information content (AvgIpc) is 2.91. The van der Waals surface area contributed by atoms with E-state index >= 15 is 0 Å². The monoisotopic (exact) mass is 302 g/mol. The molecule has 0 spiro atoms. The van der Waals surface area contributed by atoms with Gasteiger partial charge in [-0.25, -0.2) is 4.98 Å². The highest BCUT2D eigenvalue weighted by molar-refractivity contribution is 7.18. The van der Waals surface area contributed by atoms with Gasteiger partial charge in [0.1, 0.15) is 5.01 Å². The molecule has 1 aromatic carbocycles. The van der Waals surface area contributed by atoms with Crippen molar-refractivity contribution < 1.29 is 0 Å². The van der Waals surface area contributed by atoms with Gasteiger partial charge in [-0.1, -0.05) is 38.3 Å². The number of hydrogen-bond acceptors (Lipinski definition) is 3. The molecule has 1 fully saturated rings. The number of para-hydroxylation sites is 1. The first kappa shape index (κ1) is 15.0. The van der Waals surface area contributed by atoms with Crippen LogP contribution in [0.1, 0.15) is 57.0 Å². The van der Waals surface area contributed by atoms with Crippen molar-refractivity contribution in [2.75, 3.05) is 6.54 Å². The summed E-state index contributed by atoms with van der Waals surface area (Å²) in [6, 6.07) is 8.78. The summed E-state index contributed by atoms with van der Waals surface area (Å²) in [4.78, 5) is 4.75. The lowest BCUT2D eigenvalue weighted by Gasteiger charge is -2.27. The third kappa shape index (κ3) is 3.83. The van der Waals surface area contributed by atoms with Crippen molar-refractivity contribution in [3.8, 4) is 0 Å². The normalized spacial score (nSPS) is 24.3. The lowest BCUT2D eigenvalue weighted by molar-refractivity contribution is 0.265. The van der Waals surface area contributed by atoms with Gasteiger partial charge in [-0.2, -0.15) is 0 Å². The summed E-state index contributed by atoms with van der Waals surface area (Å²) in [5.74, 6) is 1.87. The molecule has 0 aliphatic heterocycles. The summed E-state index contributed by atoms with van der Waals surface area (Å²) in [6.07, 6.45) is 7.05. The van der Waals surface area contributed by atoms with E-state index in [4.69, 9.17) is 4.98 Å². The third-order valence-corrected chi connectivity index (χ3v) is 5.95. The van der Waals surface area contributed by atoms with Crippen LogP contribution < -0.4 is 5.32 Å². The fraction of sp³-hybridized carbons (Fsp3) is 0.611. The Hall–Kier alpha value is -0.930. The molecular weight excluding hydrogens is 276 g/mol. The highest BCUT2D eigenvalue weighted by Gasteiger charge is 2.19. The van der Waals surface area contributed by atoms with Crippen LogP contribution in [0.15, 0.2) is 24.3 Å². The number of nitrogens with zero attached hydrogens (tertiary/aromatic N) is 1. The Morgan fingerprint density at radius 1 is 1.33 bits per heavy atom. The van der Waals surface area contributed by atoms with E-state index in [-0.39, 0.29) is 0 Å². The van der Waals surface area contributed by atoms with Crippen LogP contribution in [0, 0.1) is 11.8 Å². The first-order valence-electron chi connectivity index (χ1n) is 8.31. The minimum Gasteiger partial charge on any atom is -0.308 e. The standard InChI is InChI=1S/C18H26N2S/c1-13-6-5-7-15(12-13)10-11-19-14(2)18-20-16-8-3-4-9-17(16)21-18/h3-4,8-9,13-15,19H,5-7,10-12H2,1-2H3. The van der Waals surface area contributed by atoms with Gasteiger partial charge < -0.3 is 5.32 Å². The molecule has 114 valence electrons. The SMILES string of the molecule is CC1CCCC(CCNC(C)c2nc3ccccc3s2)C1. The van der Waals surface area contributed by atoms with Crippen molar-refractivity contribution in [3.63, 3.8) is 0 Å². The van der Waals surface area contributed by atoms with E-state index < -0.39 is 0 Å². The van der Waals surface area contributed by atoms with Gasteiger partial charge in [0.25, 0.3) is 0 Å². The van der Waals surface area contributed by atoms with E-state index in [0.29, 0.717) is 6.04 Å². The highest BCUT2D eigenvalue weighted by atomic mass is 32.1. The second-order valence-electron chi connectivity index (χ2n) is 6.62. The van der Waals surface area contributed by atoms with Gasteiger partial charge in [-0.15, -0.1) is 11.3 Å². The molecule has 3 rings (SSSR count). The first-order valence-corrected chi connectivity index (χ1v) is 9.13. The van der Waals surface area contributed by atoms with Crippen molar-refractivity contribution in [2.45, 2.75) is 52.0 Å². The second-order valence-corrected chi connectivity index (χ2v) is 7.68. The van der Waals surface area contributed by atoms with Crippen LogP contribution in [0.5, 0.6) is 0 Å². The zero-order valence-electron chi connectivity index (χ0n) is 13.1. The molecule has 0 bridgehead atoms. The molecule has 3 unspecified atom stereocenters. The molecule has 1 heterocycles. The number of rotatable bonds is 5. The number of benzene rings is 1. The van der Waals surface area contributed by atoms with Crippen LogP contribution in [0.3, 0.4) is 0 Å². The predicted octanol–water partition coefficient (Wildman–Crippen LogP) is 5.16. The van der Waals surface area contributed by atoms with Gasteiger partial charge in [0.2, 0.25) is 0 Å². The Morgan fingerprint density at radius 2 is 2.19 bits per heavy atom. The van der Waals surface area contributed by atoms with Crippen LogP contribution in [-0.2, 0) is 0 Å². The third-order valence-electron chi connectivity index (χ3n) is 4.73. The number of thiazole rings is 1. The fourth-order valence-electron chi connectivity index (χ4n) is 3.49. The maximum Gasteiger partial charge on any atom is 0.111 e. The summed E-state index contributed by atoms with van der Waals surface area (Å²) >= 11 is 1.82. The highest BCUT2D eigenvalue weighted by Crippen LogP contribution is 2.31. The van der Waals surface area contributed by atoms with Gasteiger partial charge in [0.05, 0.1) is 16.3 Å². The van der Waals surface area contributed by atoms with Crippen LogP contribution >= 0.6 is 11.3 Å². The Balaban J connectivity index is 1.50. The summed E-state index contributed by atoms with van der Waals surface area (Å²) in [5, 5.41) is 4.89. The van der Waals surface area contributed by atoms with Crippen LogP contribution in [-0.4, -0.2) is 11.5 Å². The molecule has 0 radical (unpaired) electrons. The Labute approximate surface area is 132 Å². The molecule has 3 heteroatoms. The molecule has 1 N–H and O–H groups in total.